The second kappa shape index (κ2) is 10.1. The van der Waals surface area contributed by atoms with Gasteiger partial charge in [-0.15, -0.1) is 0 Å². The molecule has 1 atom stereocenters. The summed E-state index contributed by atoms with van der Waals surface area (Å²) < 4.78 is 27.5. The molecule has 31 heavy (non-hydrogen) atoms. The zero-order chi connectivity index (χ0) is 22.4. The maximum Gasteiger partial charge on any atom is 0.252 e. The molecule has 0 heterocycles. The molecule has 1 amide bonds. The molecule has 0 saturated heterocycles. The van der Waals surface area contributed by atoms with E-state index in [-0.39, 0.29) is 18.2 Å². The summed E-state index contributed by atoms with van der Waals surface area (Å²) >= 11 is 6.32. The van der Waals surface area contributed by atoms with E-state index in [1.807, 2.05) is 38.1 Å². The number of aryl methyl sites for hydroxylation is 2. The number of carbonyl (C=O) groups excluding carboxylic acids is 1. The minimum Gasteiger partial charge on any atom is -0.332 e. The second-order valence-corrected chi connectivity index (χ2v) is 9.69. The lowest BCUT2D eigenvalue weighted by Crippen LogP contribution is -2.25. The van der Waals surface area contributed by atoms with Gasteiger partial charge in [0.2, 0.25) is 10.0 Å². The molecule has 0 aliphatic carbocycles. The fourth-order valence-corrected chi connectivity index (χ4v) is 4.38. The third-order valence-electron chi connectivity index (χ3n) is 4.99. The Hall–Kier alpha value is -2.67. The highest BCUT2D eigenvalue weighted by Crippen LogP contribution is 2.19. The highest BCUT2D eigenvalue weighted by molar-refractivity contribution is 7.88. The molecule has 0 aliphatic heterocycles. The molecule has 0 saturated carbocycles. The largest absolute Gasteiger partial charge is 0.332 e. The number of amides is 1. The molecule has 0 fully saturated rings. The van der Waals surface area contributed by atoms with Gasteiger partial charge in [-0.3, -0.25) is 4.79 Å². The summed E-state index contributed by atoms with van der Waals surface area (Å²) in [5, 5.41) is 2.74. The lowest BCUT2D eigenvalue weighted by atomic mass is 10.1. The zero-order valence-electron chi connectivity index (χ0n) is 17.4. The number of alkyl halides is 1. The molecule has 162 valence electrons. The van der Waals surface area contributed by atoms with E-state index in [0.717, 1.165) is 22.3 Å². The van der Waals surface area contributed by atoms with Gasteiger partial charge in [0.1, 0.15) is 5.50 Å². The van der Waals surface area contributed by atoms with Crippen molar-refractivity contribution in [2.45, 2.75) is 31.6 Å². The minimum absolute atomic E-state index is 0.0680. The van der Waals surface area contributed by atoms with E-state index in [0.29, 0.717) is 11.1 Å². The Balaban J connectivity index is 1.56. The van der Waals surface area contributed by atoms with E-state index in [9.17, 15) is 13.2 Å². The molecule has 0 bridgehead atoms. The van der Waals surface area contributed by atoms with Crippen molar-refractivity contribution in [3.05, 3.63) is 106 Å². The van der Waals surface area contributed by atoms with Crippen LogP contribution in [0.1, 0.15) is 43.7 Å². The lowest BCUT2D eigenvalue weighted by Gasteiger charge is -2.13. The van der Waals surface area contributed by atoms with Crippen LogP contribution >= 0.6 is 11.6 Å². The van der Waals surface area contributed by atoms with Gasteiger partial charge in [0.15, 0.2) is 0 Å². The Morgan fingerprint density at radius 1 is 0.903 bits per heavy atom. The molecule has 2 N–H and O–H groups in total. The number of hydrogen-bond donors (Lipinski definition) is 2. The zero-order valence-corrected chi connectivity index (χ0v) is 19.0. The summed E-state index contributed by atoms with van der Waals surface area (Å²) in [7, 11) is -3.47. The number of halogens is 1. The third-order valence-corrected chi connectivity index (χ3v) is 6.65. The van der Waals surface area contributed by atoms with Gasteiger partial charge in [0.05, 0.1) is 5.75 Å². The molecule has 0 spiro atoms. The highest BCUT2D eigenvalue weighted by atomic mass is 35.5. The van der Waals surface area contributed by atoms with Crippen molar-refractivity contribution in [2.75, 3.05) is 0 Å². The molecule has 3 aromatic rings. The summed E-state index contributed by atoms with van der Waals surface area (Å²) in [6.07, 6.45) is 0. The number of sulfonamides is 1. The van der Waals surface area contributed by atoms with Gasteiger partial charge < -0.3 is 5.32 Å². The maximum absolute atomic E-state index is 12.4. The fourth-order valence-electron chi connectivity index (χ4n) is 3.03. The predicted octanol–water partition coefficient (Wildman–Crippen LogP) is 4.59. The van der Waals surface area contributed by atoms with Crippen LogP contribution in [0.15, 0.2) is 72.8 Å². The molecule has 1 unspecified atom stereocenters. The average Bonchev–Trinajstić information content (AvgIpc) is 2.75. The minimum atomic E-state index is -3.47. The van der Waals surface area contributed by atoms with Crippen molar-refractivity contribution in [1.29, 1.82) is 0 Å². The van der Waals surface area contributed by atoms with Crippen LogP contribution in [-0.2, 0) is 22.3 Å². The van der Waals surface area contributed by atoms with E-state index in [1.54, 1.807) is 48.5 Å². The smallest absolute Gasteiger partial charge is 0.252 e. The number of nitrogens with one attached hydrogen (secondary N) is 2. The Kier molecular flexibility index (Phi) is 7.49. The Morgan fingerprint density at radius 3 is 2.19 bits per heavy atom. The van der Waals surface area contributed by atoms with Crippen LogP contribution in [-0.4, -0.2) is 14.3 Å². The van der Waals surface area contributed by atoms with E-state index >= 15 is 0 Å². The molecular formula is C24H25ClN2O3S. The lowest BCUT2D eigenvalue weighted by molar-refractivity contribution is 0.0948. The maximum atomic E-state index is 12.4. The van der Waals surface area contributed by atoms with E-state index in [4.69, 9.17) is 11.6 Å². The van der Waals surface area contributed by atoms with Crippen molar-refractivity contribution < 1.29 is 13.2 Å². The van der Waals surface area contributed by atoms with Crippen molar-refractivity contribution in [2.24, 2.45) is 0 Å². The van der Waals surface area contributed by atoms with E-state index < -0.39 is 15.5 Å². The monoisotopic (exact) mass is 456 g/mol. The molecule has 0 aromatic heterocycles. The van der Waals surface area contributed by atoms with Crippen molar-refractivity contribution >= 4 is 27.5 Å². The van der Waals surface area contributed by atoms with Gasteiger partial charge in [-0.05, 0) is 53.8 Å². The molecule has 0 radical (unpaired) electrons. The molecule has 3 rings (SSSR count). The van der Waals surface area contributed by atoms with Gasteiger partial charge in [-0.1, -0.05) is 72.3 Å². The van der Waals surface area contributed by atoms with Crippen LogP contribution in [0.5, 0.6) is 0 Å². The van der Waals surface area contributed by atoms with Gasteiger partial charge in [-0.2, -0.15) is 0 Å². The summed E-state index contributed by atoms with van der Waals surface area (Å²) in [5.41, 5.74) is 4.31. The third kappa shape index (κ3) is 6.66. The van der Waals surface area contributed by atoms with Crippen LogP contribution in [0.25, 0.3) is 0 Å². The first-order chi connectivity index (χ1) is 14.7. The number of benzene rings is 3. The number of carbonyl (C=O) groups is 1. The average molecular weight is 457 g/mol. The first-order valence-corrected chi connectivity index (χ1v) is 11.9. The van der Waals surface area contributed by atoms with Crippen LogP contribution in [0, 0.1) is 13.8 Å². The highest BCUT2D eigenvalue weighted by Gasteiger charge is 2.14. The molecule has 5 nitrogen and oxygen atoms in total. The van der Waals surface area contributed by atoms with Gasteiger partial charge in [-0.25, -0.2) is 13.1 Å². The summed E-state index contributed by atoms with van der Waals surface area (Å²) in [6.45, 7) is 4.14. The van der Waals surface area contributed by atoms with Gasteiger partial charge >= 0.3 is 0 Å². The Morgan fingerprint density at radius 2 is 1.55 bits per heavy atom. The molecule has 7 heteroatoms. The van der Waals surface area contributed by atoms with E-state index in [1.165, 1.54) is 0 Å². The summed E-state index contributed by atoms with van der Waals surface area (Å²) in [6, 6.07) is 21.6. The Labute approximate surface area is 188 Å². The number of hydrogen-bond acceptors (Lipinski definition) is 3. The SMILES string of the molecule is Cc1ccc(CS(=O)(=O)NCc2ccc(C(Cl)NC(=O)c3ccccc3)cc2)cc1C. The van der Waals surface area contributed by atoms with Crippen LogP contribution in [0.2, 0.25) is 0 Å². The van der Waals surface area contributed by atoms with Gasteiger partial charge in [0.25, 0.3) is 5.91 Å². The van der Waals surface area contributed by atoms with Crippen molar-refractivity contribution in [3.8, 4) is 0 Å². The standard InChI is InChI=1S/C24H25ClN2O3S/c1-17-8-9-20(14-18(17)2)16-31(29,30)26-15-19-10-12-21(13-11-19)23(25)27-24(28)22-6-4-3-5-7-22/h3-14,23,26H,15-16H2,1-2H3,(H,27,28). The van der Waals surface area contributed by atoms with Crippen molar-refractivity contribution in [1.82, 2.24) is 10.0 Å². The number of rotatable bonds is 8. The second-order valence-electron chi connectivity index (χ2n) is 7.44. The van der Waals surface area contributed by atoms with Crippen molar-refractivity contribution in [3.63, 3.8) is 0 Å². The summed E-state index contributed by atoms with van der Waals surface area (Å²) in [4.78, 5) is 12.2. The van der Waals surface area contributed by atoms with Crippen LogP contribution in [0.3, 0.4) is 0 Å². The van der Waals surface area contributed by atoms with Crippen LogP contribution in [0.4, 0.5) is 0 Å². The summed E-state index contributed by atoms with van der Waals surface area (Å²) in [5.74, 6) is -0.328. The molecular weight excluding hydrogens is 432 g/mol. The first-order valence-electron chi connectivity index (χ1n) is 9.86. The topological polar surface area (TPSA) is 75.3 Å². The first kappa shape index (κ1) is 23.0. The fraction of sp³-hybridized carbons (Fsp3) is 0.208. The van der Waals surface area contributed by atoms with E-state index in [2.05, 4.69) is 10.0 Å². The predicted molar refractivity (Wildman–Crippen MR) is 124 cm³/mol. The van der Waals surface area contributed by atoms with Crippen LogP contribution < -0.4 is 10.0 Å². The molecule has 0 aliphatic rings. The quantitative estimate of drug-likeness (QED) is 0.384. The van der Waals surface area contributed by atoms with Gasteiger partial charge in [0, 0.05) is 12.1 Å². The Bertz CT molecular complexity index is 1150. The normalized spacial score (nSPS) is 12.4. The molecule has 3 aromatic carbocycles.